The largest absolute Gasteiger partial charge is 0.381 e. The van der Waals surface area contributed by atoms with E-state index in [-0.39, 0.29) is 0 Å². The number of hydrogen-bond donors (Lipinski definition) is 0. The molecule has 0 spiro atoms. The molecule has 2 aromatic rings. The molecular formula is C17H21N3O2. The van der Waals surface area contributed by atoms with Crippen LogP contribution in [0.15, 0.2) is 34.9 Å². The summed E-state index contributed by atoms with van der Waals surface area (Å²) in [7, 11) is 0. The average molecular weight is 299 g/mol. The number of ether oxygens (including phenoxy) is 1. The van der Waals surface area contributed by atoms with Crippen LogP contribution < -0.4 is 0 Å². The molecule has 1 aromatic heterocycles. The van der Waals surface area contributed by atoms with Crippen LogP contribution in [0.5, 0.6) is 0 Å². The molecule has 2 aliphatic rings. The summed E-state index contributed by atoms with van der Waals surface area (Å²) in [5, 5.41) is 4.11. The van der Waals surface area contributed by atoms with Crippen LogP contribution in [0.2, 0.25) is 0 Å². The van der Waals surface area contributed by atoms with Crippen molar-refractivity contribution < 1.29 is 9.26 Å². The molecule has 0 amide bonds. The zero-order valence-electron chi connectivity index (χ0n) is 12.6. The number of nitrogens with zero attached hydrogens (tertiary/aromatic N) is 3. The van der Waals surface area contributed by atoms with Crippen LogP contribution in [0, 0.1) is 5.92 Å². The van der Waals surface area contributed by atoms with E-state index in [4.69, 9.17) is 9.26 Å². The van der Waals surface area contributed by atoms with Crippen LogP contribution in [-0.4, -0.2) is 40.8 Å². The highest BCUT2D eigenvalue weighted by atomic mass is 16.5. The van der Waals surface area contributed by atoms with Gasteiger partial charge in [0.1, 0.15) is 0 Å². The molecule has 0 bridgehead atoms. The van der Waals surface area contributed by atoms with Crippen molar-refractivity contribution >= 4 is 0 Å². The summed E-state index contributed by atoms with van der Waals surface area (Å²) in [5.41, 5.74) is 1.000. The summed E-state index contributed by atoms with van der Waals surface area (Å²) in [6.07, 6.45) is 3.74. The molecule has 1 saturated carbocycles. The number of aromatic nitrogens is 2. The predicted octanol–water partition coefficient (Wildman–Crippen LogP) is 2.74. The van der Waals surface area contributed by atoms with Crippen LogP contribution >= 0.6 is 0 Å². The molecule has 1 aromatic carbocycles. The van der Waals surface area contributed by atoms with Gasteiger partial charge in [-0.2, -0.15) is 4.98 Å². The van der Waals surface area contributed by atoms with Gasteiger partial charge in [-0.3, -0.25) is 4.90 Å². The standard InChI is InChI=1S/C17H21N3O2/c1-2-4-14(5-3-1)17-18-16(22-19-17)11-20(15-6-7-15)10-13-8-9-21-12-13/h1-5,13,15H,6-12H2. The minimum atomic E-state index is 0.650. The van der Waals surface area contributed by atoms with Gasteiger partial charge < -0.3 is 9.26 Å². The maximum absolute atomic E-state index is 5.49. The predicted molar refractivity (Wildman–Crippen MR) is 82.1 cm³/mol. The lowest BCUT2D eigenvalue weighted by Crippen LogP contribution is -2.31. The first-order valence-electron chi connectivity index (χ1n) is 8.08. The summed E-state index contributed by atoms with van der Waals surface area (Å²) >= 11 is 0. The molecule has 0 N–H and O–H groups in total. The molecule has 1 unspecified atom stereocenters. The minimum absolute atomic E-state index is 0.650. The van der Waals surface area contributed by atoms with Gasteiger partial charge in [0.15, 0.2) is 0 Å². The fourth-order valence-corrected chi connectivity index (χ4v) is 3.04. The second kappa shape index (κ2) is 6.18. The first-order valence-corrected chi connectivity index (χ1v) is 8.08. The summed E-state index contributed by atoms with van der Waals surface area (Å²) in [6.45, 7) is 3.62. The summed E-state index contributed by atoms with van der Waals surface area (Å²) < 4.78 is 11.0. The Labute approximate surface area is 130 Å². The highest BCUT2D eigenvalue weighted by molar-refractivity contribution is 5.53. The second-order valence-electron chi connectivity index (χ2n) is 6.27. The van der Waals surface area contributed by atoms with Crippen LogP contribution in [-0.2, 0) is 11.3 Å². The van der Waals surface area contributed by atoms with E-state index in [0.29, 0.717) is 23.7 Å². The Balaban J connectivity index is 1.43. The van der Waals surface area contributed by atoms with Gasteiger partial charge in [0.05, 0.1) is 13.2 Å². The first-order chi connectivity index (χ1) is 10.9. The zero-order valence-corrected chi connectivity index (χ0v) is 12.6. The highest BCUT2D eigenvalue weighted by Gasteiger charge is 2.32. The fraction of sp³-hybridized carbons (Fsp3) is 0.529. The lowest BCUT2D eigenvalue weighted by Gasteiger charge is -2.22. The Morgan fingerprint density at radius 3 is 2.73 bits per heavy atom. The van der Waals surface area contributed by atoms with E-state index in [1.165, 1.54) is 19.3 Å². The van der Waals surface area contributed by atoms with E-state index in [1.807, 2.05) is 30.3 Å². The Morgan fingerprint density at radius 2 is 2.00 bits per heavy atom. The van der Waals surface area contributed by atoms with Gasteiger partial charge in [0.2, 0.25) is 11.7 Å². The Morgan fingerprint density at radius 1 is 1.14 bits per heavy atom. The van der Waals surface area contributed by atoms with Crippen LogP contribution in [0.1, 0.15) is 25.2 Å². The molecule has 1 saturated heterocycles. The number of hydrogen-bond acceptors (Lipinski definition) is 5. The van der Waals surface area contributed by atoms with Crippen molar-refractivity contribution in [2.24, 2.45) is 5.92 Å². The summed E-state index contributed by atoms with van der Waals surface area (Å²) in [4.78, 5) is 7.04. The van der Waals surface area contributed by atoms with Gasteiger partial charge in [0.25, 0.3) is 0 Å². The third-order valence-electron chi connectivity index (χ3n) is 4.42. The summed E-state index contributed by atoms with van der Waals surface area (Å²) in [6, 6.07) is 10.7. The molecule has 2 heterocycles. The van der Waals surface area contributed by atoms with E-state index in [0.717, 1.165) is 31.9 Å². The smallest absolute Gasteiger partial charge is 0.241 e. The van der Waals surface area contributed by atoms with Gasteiger partial charge in [-0.05, 0) is 25.2 Å². The van der Waals surface area contributed by atoms with Crippen molar-refractivity contribution in [1.82, 2.24) is 15.0 Å². The molecule has 1 aliphatic heterocycles. The first kappa shape index (κ1) is 13.9. The maximum atomic E-state index is 5.49. The molecule has 116 valence electrons. The molecule has 1 atom stereocenters. The van der Waals surface area contributed by atoms with Gasteiger partial charge in [-0.15, -0.1) is 0 Å². The van der Waals surface area contributed by atoms with Crippen LogP contribution in [0.25, 0.3) is 11.4 Å². The van der Waals surface area contributed by atoms with Crippen LogP contribution in [0.3, 0.4) is 0 Å². The maximum Gasteiger partial charge on any atom is 0.241 e. The van der Waals surface area contributed by atoms with Crippen molar-refractivity contribution in [3.8, 4) is 11.4 Å². The van der Waals surface area contributed by atoms with Gasteiger partial charge in [-0.1, -0.05) is 35.5 Å². The van der Waals surface area contributed by atoms with Gasteiger partial charge in [0, 0.05) is 24.8 Å². The van der Waals surface area contributed by atoms with E-state index >= 15 is 0 Å². The molecule has 4 rings (SSSR count). The van der Waals surface area contributed by atoms with E-state index in [9.17, 15) is 0 Å². The molecule has 5 heteroatoms. The monoisotopic (exact) mass is 299 g/mol. The normalized spacial score (nSPS) is 21.6. The molecule has 5 nitrogen and oxygen atoms in total. The number of rotatable bonds is 6. The Bertz CT molecular complexity index is 603. The Kier molecular flexibility index (Phi) is 3.91. The molecule has 22 heavy (non-hydrogen) atoms. The average Bonchev–Trinajstić information content (AvgIpc) is 3.08. The SMILES string of the molecule is c1ccc(-c2noc(CN(CC3CCOC3)C3CC3)n2)cc1. The van der Waals surface area contributed by atoms with Crippen molar-refractivity contribution in [1.29, 1.82) is 0 Å². The quantitative estimate of drug-likeness (QED) is 0.821. The fourth-order valence-electron chi connectivity index (χ4n) is 3.04. The van der Waals surface area contributed by atoms with Gasteiger partial charge in [-0.25, -0.2) is 0 Å². The van der Waals surface area contributed by atoms with E-state index < -0.39 is 0 Å². The molecular weight excluding hydrogens is 278 g/mol. The van der Waals surface area contributed by atoms with Crippen LogP contribution in [0.4, 0.5) is 0 Å². The van der Waals surface area contributed by atoms with Crippen molar-refractivity contribution in [3.05, 3.63) is 36.2 Å². The van der Waals surface area contributed by atoms with Crippen molar-refractivity contribution in [2.45, 2.75) is 31.8 Å². The third kappa shape index (κ3) is 3.20. The molecule has 2 fully saturated rings. The van der Waals surface area contributed by atoms with E-state index in [1.54, 1.807) is 0 Å². The third-order valence-corrected chi connectivity index (χ3v) is 4.42. The number of benzene rings is 1. The van der Waals surface area contributed by atoms with E-state index in [2.05, 4.69) is 15.0 Å². The summed E-state index contributed by atoms with van der Waals surface area (Å²) in [5.74, 6) is 2.04. The molecule has 0 radical (unpaired) electrons. The minimum Gasteiger partial charge on any atom is -0.381 e. The molecule has 1 aliphatic carbocycles. The van der Waals surface area contributed by atoms with Crippen molar-refractivity contribution in [2.75, 3.05) is 19.8 Å². The topological polar surface area (TPSA) is 51.4 Å². The second-order valence-corrected chi connectivity index (χ2v) is 6.27. The lowest BCUT2D eigenvalue weighted by molar-refractivity contribution is 0.153. The highest BCUT2D eigenvalue weighted by Crippen LogP contribution is 2.30. The Hall–Kier alpha value is -1.72. The van der Waals surface area contributed by atoms with Crippen molar-refractivity contribution in [3.63, 3.8) is 0 Å². The van der Waals surface area contributed by atoms with Gasteiger partial charge >= 0.3 is 0 Å². The zero-order chi connectivity index (χ0) is 14.8. The lowest BCUT2D eigenvalue weighted by atomic mass is 10.1.